The molecule has 0 atom stereocenters. The zero-order chi connectivity index (χ0) is 13.4. The summed E-state index contributed by atoms with van der Waals surface area (Å²) in [5.74, 6) is 5.19. The number of amides is 1. The van der Waals surface area contributed by atoms with Crippen LogP contribution in [0.5, 0.6) is 0 Å². The van der Waals surface area contributed by atoms with Gasteiger partial charge in [0.25, 0.3) is 0 Å². The Hall–Kier alpha value is -1.39. The molecule has 1 rings (SSSR count). The molecule has 0 aliphatic carbocycles. The van der Waals surface area contributed by atoms with Gasteiger partial charge in [-0.2, -0.15) is 0 Å². The first-order chi connectivity index (χ1) is 8.71. The fourth-order valence-electron chi connectivity index (χ4n) is 2.23. The van der Waals surface area contributed by atoms with Gasteiger partial charge in [0.05, 0.1) is 0 Å². The zero-order valence-corrected chi connectivity index (χ0v) is 10.9. The van der Waals surface area contributed by atoms with Crippen molar-refractivity contribution in [1.29, 1.82) is 0 Å². The van der Waals surface area contributed by atoms with Crippen molar-refractivity contribution < 1.29 is 4.79 Å². The number of rotatable bonds is 6. The maximum absolute atomic E-state index is 11.4. The lowest BCUT2D eigenvalue weighted by molar-refractivity contribution is -0.126. The van der Waals surface area contributed by atoms with Gasteiger partial charge in [0, 0.05) is 12.5 Å². The highest BCUT2D eigenvalue weighted by molar-refractivity contribution is 5.78. The highest BCUT2D eigenvalue weighted by Crippen LogP contribution is 2.18. The molecule has 100 valence electrons. The van der Waals surface area contributed by atoms with Gasteiger partial charge in [-0.15, -0.1) is 0 Å². The summed E-state index contributed by atoms with van der Waals surface area (Å²) in [5, 5.41) is 0. The number of nitrogens with two attached hydrogens (primary N) is 1. The van der Waals surface area contributed by atoms with E-state index in [9.17, 15) is 4.79 Å². The van der Waals surface area contributed by atoms with E-state index in [4.69, 9.17) is 5.84 Å². The normalized spacial score (nSPS) is 18.4. The molecule has 4 nitrogen and oxygen atoms in total. The lowest BCUT2D eigenvalue weighted by Gasteiger charge is -2.30. The standard InChI is InChI=1S/C14H23N3O/c1-3-5-12(4-2)6-9-17-10-7-13(8-11-17)14(18)16-15/h3-5,13H,1-2,6-11,15H2,(H,16,18)/b12-5+. The third kappa shape index (κ3) is 4.47. The van der Waals surface area contributed by atoms with Gasteiger partial charge in [0.1, 0.15) is 0 Å². The molecule has 1 aliphatic heterocycles. The summed E-state index contributed by atoms with van der Waals surface area (Å²) in [4.78, 5) is 13.8. The number of piperidine rings is 1. The summed E-state index contributed by atoms with van der Waals surface area (Å²) in [6, 6.07) is 0. The number of allylic oxidation sites excluding steroid dienone is 3. The zero-order valence-electron chi connectivity index (χ0n) is 10.9. The highest BCUT2D eigenvalue weighted by atomic mass is 16.2. The number of nitrogens with one attached hydrogen (secondary N) is 1. The topological polar surface area (TPSA) is 58.4 Å². The Labute approximate surface area is 109 Å². The third-order valence-electron chi connectivity index (χ3n) is 3.41. The summed E-state index contributed by atoms with van der Waals surface area (Å²) < 4.78 is 0. The number of hydrazine groups is 1. The highest BCUT2D eigenvalue weighted by Gasteiger charge is 2.23. The van der Waals surface area contributed by atoms with Crippen LogP contribution in [-0.2, 0) is 4.79 Å². The first kappa shape index (κ1) is 14.7. The average molecular weight is 249 g/mol. The van der Waals surface area contributed by atoms with E-state index in [1.165, 1.54) is 5.57 Å². The lowest BCUT2D eigenvalue weighted by atomic mass is 9.96. The van der Waals surface area contributed by atoms with Gasteiger partial charge in [-0.25, -0.2) is 5.84 Å². The molecule has 0 saturated carbocycles. The second-order valence-electron chi connectivity index (χ2n) is 4.56. The molecule has 18 heavy (non-hydrogen) atoms. The Morgan fingerprint density at radius 2 is 2.06 bits per heavy atom. The Morgan fingerprint density at radius 3 is 2.56 bits per heavy atom. The molecule has 1 aliphatic rings. The number of nitrogens with zero attached hydrogens (tertiary/aromatic N) is 1. The Balaban J connectivity index is 2.31. The molecule has 1 amide bonds. The minimum absolute atomic E-state index is 0.0343. The molecule has 0 aromatic carbocycles. The van der Waals surface area contributed by atoms with Crippen LogP contribution in [0.4, 0.5) is 0 Å². The average Bonchev–Trinajstić information content (AvgIpc) is 2.43. The number of hydrogen-bond donors (Lipinski definition) is 2. The predicted molar refractivity (Wildman–Crippen MR) is 74.6 cm³/mol. The minimum atomic E-state index is -0.0343. The third-order valence-corrected chi connectivity index (χ3v) is 3.41. The van der Waals surface area contributed by atoms with E-state index in [0.29, 0.717) is 0 Å². The van der Waals surface area contributed by atoms with Crippen LogP contribution < -0.4 is 11.3 Å². The molecule has 0 bridgehead atoms. The van der Waals surface area contributed by atoms with Gasteiger partial charge >= 0.3 is 0 Å². The van der Waals surface area contributed by atoms with E-state index in [-0.39, 0.29) is 11.8 Å². The molecular weight excluding hydrogens is 226 g/mol. The number of carbonyl (C=O) groups excluding carboxylic acids is 1. The lowest BCUT2D eigenvalue weighted by Crippen LogP contribution is -2.42. The van der Waals surface area contributed by atoms with Crippen molar-refractivity contribution in [2.75, 3.05) is 19.6 Å². The van der Waals surface area contributed by atoms with Crippen LogP contribution in [0, 0.1) is 5.92 Å². The largest absolute Gasteiger partial charge is 0.303 e. The number of carbonyl (C=O) groups is 1. The molecule has 0 aromatic rings. The summed E-state index contributed by atoms with van der Waals surface area (Å²) in [6.45, 7) is 10.4. The van der Waals surface area contributed by atoms with E-state index >= 15 is 0 Å². The van der Waals surface area contributed by atoms with Crippen LogP contribution in [0.15, 0.2) is 37.0 Å². The molecule has 0 unspecified atom stereocenters. The fraction of sp³-hybridized carbons (Fsp3) is 0.500. The monoisotopic (exact) mass is 249 g/mol. The summed E-state index contributed by atoms with van der Waals surface area (Å²) in [7, 11) is 0. The van der Waals surface area contributed by atoms with Crippen LogP contribution in [-0.4, -0.2) is 30.4 Å². The van der Waals surface area contributed by atoms with Crippen LogP contribution in [0.25, 0.3) is 0 Å². The van der Waals surface area contributed by atoms with Crippen molar-refractivity contribution >= 4 is 5.91 Å². The van der Waals surface area contributed by atoms with E-state index in [2.05, 4.69) is 23.5 Å². The Kier molecular flexibility index (Phi) is 6.39. The van der Waals surface area contributed by atoms with Crippen LogP contribution >= 0.6 is 0 Å². The Morgan fingerprint density at radius 1 is 1.39 bits per heavy atom. The first-order valence-corrected chi connectivity index (χ1v) is 6.38. The minimum Gasteiger partial charge on any atom is -0.303 e. The van der Waals surface area contributed by atoms with Gasteiger partial charge in [-0.3, -0.25) is 10.2 Å². The molecule has 0 aromatic heterocycles. The molecule has 0 radical (unpaired) electrons. The van der Waals surface area contributed by atoms with Crippen molar-refractivity contribution in [1.82, 2.24) is 10.3 Å². The van der Waals surface area contributed by atoms with Crippen molar-refractivity contribution in [3.63, 3.8) is 0 Å². The second-order valence-corrected chi connectivity index (χ2v) is 4.56. The van der Waals surface area contributed by atoms with E-state index in [0.717, 1.165) is 38.9 Å². The van der Waals surface area contributed by atoms with Crippen molar-refractivity contribution in [3.8, 4) is 0 Å². The molecule has 1 heterocycles. The SMILES string of the molecule is C=C/C=C(\C=C)CCN1CCC(C(=O)NN)CC1. The van der Waals surface area contributed by atoms with Crippen LogP contribution in [0.3, 0.4) is 0 Å². The molecule has 0 spiro atoms. The quantitative estimate of drug-likeness (QED) is 0.323. The van der Waals surface area contributed by atoms with E-state index < -0.39 is 0 Å². The molecule has 4 heteroatoms. The van der Waals surface area contributed by atoms with Crippen LogP contribution in [0.2, 0.25) is 0 Å². The van der Waals surface area contributed by atoms with Gasteiger partial charge in [-0.05, 0) is 37.9 Å². The predicted octanol–water partition coefficient (Wildman–Crippen LogP) is 1.38. The Bertz CT molecular complexity index is 328. The second kappa shape index (κ2) is 7.84. The van der Waals surface area contributed by atoms with Gasteiger partial charge in [0.2, 0.25) is 5.91 Å². The van der Waals surface area contributed by atoms with E-state index in [1.807, 2.05) is 12.2 Å². The fourth-order valence-corrected chi connectivity index (χ4v) is 2.23. The van der Waals surface area contributed by atoms with Crippen molar-refractivity contribution in [3.05, 3.63) is 37.0 Å². The molecular formula is C14H23N3O. The van der Waals surface area contributed by atoms with Gasteiger partial charge < -0.3 is 4.90 Å². The smallest absolute Gasteiger partial charge is 0.237 e. The molecule has 1 fully saturated rings. The maximum Gasteiger partial charge on any atom is 0.237 e. The first-order valence-electron chi connectivity index (χ1n) is 6.38. The summed E-state index contributed by atoms with van der Waals surface area (Å²) in [6.07, 6.45) is 8.39. The van der Waals surface area contributed by atoms with Crippen LogP contribution in [0.1, 0.15) is 19.3 Å². The van der Waals surface area contributed by atoms with E-state index in [1.54, 1.807) is 6.08 Å². The van der Waals surface area contributed by atoms with Gasteiger partial charge in [0.15, 0.2) is 0 Å². The summed E-state index contributed by atoms with van der Waals surface area (Å²) in [5.41, 5.74) is 3.44. The molecule has 3 N–H and O–H groups in total. The molecule has 1 saturated heterocycles. The number of hydrogen-bond acceptors (Lipinski definition) is 3. The van der Waals surface area contributed by atoms with Crippen molar-refractivity contribution in [2.24, 2.45) is 11.8 Å². The number of likely N-dealkylation sites (tertiary alicyclic amines) is 1. The summed E-state index contributed by atoms with van der Waals surface area (Å²) >= 11 is 0. The maximum atomic E-state index is 11.4. The van der Waals surface area contributed by atoms with Gasteiger partial charge in [-0.1, -0.05) is 31.4 Å². The van der Waals surface area contributed by atoms with Crippen molar-refractivity contribution in [2.45, 2.75) is 19.3 Å².